The number of H-pyrrole nitrogens is 1. The minimum absolute atomic E-state index is 0.0101. The predicted octanol–water partition coefficient (Wildman–Crippen LogP) is 5.30. The second-order valence-electron chi connectivity index (χ2n) is 10.6. The van der Waals surface area contributed by atoms with Crippen molar-refractivity contribution < 1.29 is 14.0 Å². The summed E-state index contributed by atoms with van der Waals surface area (Å²) >= 11 is 0. The number of nitrogens with zero attached hydrogens (tertiary/aromatic N) is 3. The number of amides is 2. The highest BCUT2D eigenvalue weighted by Gasteiger charge is 2.21. The summed E-state index contributed by atoms with van der Waals surface area (Å²) in [5, 5.41) is 5.66. The topological polar surface area (TPSA) is 110 Å². The lowest BCUT2D eigenvalue weighted by atomic mass is 10.0. The van der Waals surface area contributed by atoms with E-state index in [9.17, 15) is 14.4 Å². The Labute approximate surface area is 249 Å². The number of carbonyl (C=O) groups is 2. The Morgan fingerprint density at radius 2 is 1.72 bits per heavy atom. The van der Waals surface area contributed by atoms with Crippen LogP contribution >= 0.6 is 0 Å². The van der Waals surface area contributed by atoms with E-state index in [0.717, 1.165) is 37.9 Å². The molecule has 222 valence electrons. The molecule has 1 saturated heterocycles. The van der Waals surface area contributed by atoms with Crippen LogP contribution in [0.3, 0.4) is 0 Å². The van der Waals surface area contributed by atoms with E-state index in [4.69, 9.17) is 0 Å². The van der Waals surface area contributed by atoms with E-state index >= 15 is 4.39 Å². The molecule has 0 radical (unpaired) electrons. The minimum Gasteiger partial charge on any atom is -0.336 e. The molecule has 0 spiro atoms. The highest BCUT2D eigenvalue weighted by molar-refractivity contribution is 6.05. The number of hydrogen-bond acceptors (Lipinski definition) is 6. The SMILES string of the molecule is CCCCc1ccccc1C(=O)Nc1cccc(-c2c[nH]c(=O)c(Nc3ccc(C(=O)N4CCN(C)CC4)cc3)n2)c1F. The quantitative estimate of drug-likeness (QED) is 0.247. The summed E-state index contributed by atoms with van der Waals surface area (Å²) < 4.78 is 15.7. The molecule has 0 unspecified atom stereocenters. The minimum atomic E-state index is -0.667. The molecular weight excluding hydrogens is 547 g/mol. The lowest BCUT2D eigenvalue weighted by molar-refractivity contribution is 0.0664. The van der Waals surface area contributed by atoms with Crippen molar-refractivity contribution in [2.24, 2.45) is 0 Å². The maximum atomic E-state index is 15.7. The van der Waals surface area contributed by atoms with Gasteiger partial charge in [-0.3, -0.25) is 14.4 Å². The van der Waals surface area contributed by atoms with Gasteiger partial charge in [0.2, 0.25) is 0 Å². The molecule has 1 aromatic heterocycles. The van der Waals surface area contributed by atoms with Crippen LogP contribution in [0.1, 0.15) is 46.0 Å². The van der Waals surface area contributed by atoms with E-state index in [-0.39, 0.29) is 28.7 Å². The number of aromatic nitrogens is 2. The molecule has 0 aliphatic carbocycles. The maximum Gasteiger partial charge on any atom is 0.291 e. The number of benzene rings is 3. The van der Waals surface area contributed by atoms with Gasteiger partial charge in [-0.05, 0) is 67.9 Å². The van der Waals surface area contributed by atoms with Crippen molar-refractivity contribution in [1.29, 1.82) is 0 Å². The fourth-order valence-corrected chi connectivity index (χ4v) is 5.00. The Bertz CT molecular complexity index is 1660. The molecule has 1 aliphatic rings. The highest BCUT2D eigenvalue weighted by Crippen LogP contribution is 2.27. The molecule has 0 bridgehead atoms. The number of likely N-dealkylation sites (N-methyl/N-ethyl adjacent to an activating group) is 1. The molecule has 1 fully saturated rings. The van der Waals surface area contributed by atoms with Crippen molar-refractivity contribution in [3.8, 4) is 11.3 Å². The van der Waals surface area contributed by atoms with Gasteiger partial charge in [-0.25, -0.2) is 9.37 Å². The molecular formula is C33H35FN6O3. The van der Waals surface area contributed by atoms with Gasteiger partial charge in [0.15, 0.2) is 11.6 Å². The Kier molecular flexibility index (Phi) is 9.26. The average molecular weight is 583 g/mol. The van der Waals surface area contributed by atoms with Crippen molar-refractivity contribution in [3.05, 3.63) is 106 Å². The molecule has 5 rings (SSSR count). The van der Waals surface area contributed by atoms with Gasteiger partial charge in [-0.1, -0.05) is 37.6 Å². The summed E-state index contributed by atoms with van der Waals surface area (Å²) in [5.41, 5.74) is 2.34. The molecule has 9 nitrogen and oxygen atoms in total. The van der Waals surface area contributed by atoms with E-state index in [1.807, 2.05) is 24.1 Å². The lowest BCUT2D eigenvalue weighted by Crippen LogP contribution is -2.47. The van der Waals surface area contributed by atoms with Gasteiger partial charge >= 0.3 is 0 Å². The van der Waals surface area contributed by atoms with Gasteiger partial charge in [0.25, 0.3) is 17.4 Å². The zero-order valence-corrected chi connectivity index (χ0v) is 24.3. The summed E-state index contributed by atoms with van der Waals surface area (Å²) in [6.07, 6.45) is 4.03. The molecule has 4 aromatic rings. The van der Waals surface area contributed by atoms with Crippen LogP contribution < -0.4 is 16.2 Å². The first-order valence-electron chi connectivity index (χ1n) is 14.5. The molecule has 43 heavy (non-hydrogen) atoms. The Morgan fingerprint density at radius 1 is 0.977 bits per heavy atom. The molecule has 1 aliphatic heterocycles. The number of unbranched alkanes of at least 4 members (excludes halogenated alkanes) is 1. The number of aromatic amines is 1. The molecule has 3 N–H and O–H groups in total. The predicted molar refractivity (Wildman–Crippen MR) is 166 cm³/mol. The van der Waals surface area contributed by atoms with E-state index in [0.29, 0.717) is 29.9 Å². The second kappa shape index (κ2) is 13.4. The Balaban J connectivity index is 1.32. The Morgan fingerprint density at radius 3 is 2.47 bits per heavy atom. The average Bonchev–Trinajstić information content (AvgIpc) is 3.02. The third kappa shape index (κ3) is 6.98. The maximum absolute atomic E-state index is 15.7. The summed E-state index contributed by atoms with van der Waals surface area (Å²) in [4.78, 5) is 49.5. The number of carbonyl (C=O) groups excluding carboxylic acids is 2. The van der Waals surface area contributed by atoms with E-state index in [1.54, 1.807) is 42.5 Å². The van der Waals surface area contributed by atoms with E-state index in [1.165, 1.54) is 18.3 Å². The number of nitrogens with one attached hydrogen (secondary N) is 3. The van der Waals surface area contributed by atoms with Gasteiger partial charge in [-0.2, -0.15) is 0 Å². The Hall–Kier alpha value is -4.83. The van der Waals surface area contributed by atoms with Crippen LogP contribution in [0.4, 0.5) is 21.6 Å². The van der Waals surface area contributed by atoms with Crippen LogP contribution in [-0.4, -0.2) is 64.8 Å². The third-order valence-electron chi connectivity index (χ3n) is 7.56. The zero-order valence-electron chi connectivity index (χ0n) is 24.3. The smallest absolute Gasteiger partial charge is 0.291 e. The first-order valence-corrected chi connectivity index (χ1v) is 14.5. The lowest BCUT2D eigenvalue weighted by Gasteiger charge is -2.32. The fourth-order valence-electron chi connectivity index (χ4n) is 5.00. The number of halogens is 1. The van der Waals surface area contributed by atoms with E-state index in [2.05, 4.69) is 32.4 Å². The van der Waals surface area contributed by atoms with Gasteiger partial charge in [0.1, 0.15) is 0 Å². The van der Waals surface area contributed by atoms with Crippen LogP contribution in [0.15, 0.2) is 77.7 Å². The van der Waals surface area contributed by atoms with Crippen LogP contribution in [-0.2, 0) is 6.42 Å². The summed E-state index contributed by atoms with van der Waals surface area (Å²) in [6.45, 7) is 5.10. The zero-order chi connectivity index (χ0) is 30.3. The highest BCUT2D eigenvalue weighted by atomic mass is 19.1. The number of aryl methyl sites for hydroxylation is 1. The number of hydrogen-bond donors (Lipinski definition) is 3. The van der Waals surface area contributed by atoms with Crippen LogP contribution in [0, 0.1) is 5.82 Å². The summed E-state index contributed by atoms with van der Waals surface area (Å²) in [5.74, 6) is -1.13. The van der Waals surface area contributed by atoms with Crippen molar-refractivity contribution in [2.75, 3.05) is 43.9 Å². The van der Waals surface area contributed by atoms with Crippen LogP contribution in [0.5, 0.6) is 0 Å². The molecule has 0 saturated carbocycles. The van der Waals surface area contributed by atoms with Gasteiger partial charge < -0.3 is 25.4 Å². The molecule has 2 amide bonds. The second-order valence-corrected chi connectivity index (χ2v) is 10.6. The largest absolute Gasteiger partial charge is 0.336 e. The van der Waals surface area contributed by atoms with Crippen molar-refractivity contribution in [1.82, 2.24) is 19.8 Å². The van der Waals surface area contributed by atoms with Crippen molar-refractivity contribution in [3.63, 3.8) is 0 Å². The fraction of sp³-hybridized carbons (Fsp3) is 0.273. The van der Waals surface area contributed by atoms with Crippen LogP contribution in [0.2, 0.25) is 0 Å². The van der Waals surface area contributed by atoms with Gasteiger partial charge in [-0.15, -0.1) is 0 Å². The normalized spacial score (nSPS) is 13.5. The number of anilines is 3. The van der Waals surface area contributed by atoms with E-state index < -0.39 is 17.3 Å². The van der Waals surface area contributed by atoms with Crippen molar-refractivity contribution in [2.45, 2.75) is 26.2 Å². The molecule has 3 aromatic carbocycles. The third-order valence-corrected chi connectivity index (χ3v) is 7.56. The summed E-state index contributed by atoms with van der Waals surface area (Å²) in [7, 11) is 2.03. The monoisotopic (exact) mass is 582 g/mol. The molecule has 0 atom stereocenters. The number of piperazine rings is 1. The number of rotatable bonds is 9. The molecule has 10 heteroatoms. The van der Waals surface area contributed by atoms with Gasteiger partial charge in [0, 0.05) is 54.8 Å². The van der Waals surface area contributed by atoms with Gasteiger partial charge in [0.05, 0.1) is 11.4 Å². The molecule has 2 heterocycles. The first-order chi connectivity index (χ1) is 20.8. The first kappa shape index (κ1) is 29.7. The summed E-state index contributed by atoms with van der Waals surface area (Å²) in [6, 6.07) is 18.8. The van der Waals surface area contributed by atoms with Crippen molar-refractivity contribution >= 4 is 29.0 Å². The van der Waals surface area contributed by atoms with Crippen LogP contribution in [0.25, 0.3) is 11.3 Å². The standard InChI is InChI=1S/C33H35FN6O3/c1-3-4-8-22-9-5-6-10-25(22)31(41)38-27-12-7-11-26(29(27)34)28-21-35-32(42)30(37-28)36-24-15-13-23(14-16-24)33(43)40-19-17-39(2)18-20-40/h5-7,9-16,21H,3-4,8,17-20H2,1-2H3,(H,35,42)(H,36,37)(H,38,41).